The summed E-state index contributed by atoms with van der Waals surface area (Å²) < 4.78 is 0. The molecule has 0 atom stereocenters. The molecule has 0 amide bonds. The van der Waals surface area contributed by atoms with Gasteiger partial charge in [-0.2, -0.15) is 0 Å². The smallest absolute Gasteiger partial charge is 0.157 e. The molecule has 148 valence electrons. The minimum atomic E-state index is -0.0637. The van der Waals surface area contributed by atoms with Crippen LogP contribution in [0.2, 0.25) is 5.02 Å². The first-order chi connectivity index (χ1) is 13.1. The lowest BCUT2D eigenvalue weighted by atomic mass is 10.1. The first-order valence-electron chi connectivity index (χ1n) is 9.82. The monoisotopic (exact) mass is 390 g/mol. The fraction of sp³-hybridized carbons (Fsp3) is 0.455. The maximum atomic E-state index is 9.46. The third kappa shape index (κ3) is 9.14. The molecular weight excluding hydrogens is 360 g/mol. The van der Waals surface area contributed by atoms with Crippen LogP contribution in [0.15, 0.2) is 42.5 Å². The topological polar surface area (TPSA) is 64.5 Å². The van der Waals surface area contributed by atoms with Crippen LogP contribution in [0.3, 0.4) is 0 Å². The van der Waals surface area contributed by atoms with Crippen molar-refractivity contribution < 1.29 is 10.2 Å². The average molecular weight is 391 g/mol. The van der Waals surface area contributed by atoms with E-state index in [1.807, 2.05) is 18.2 Å². The van der Waals surface area contributed by atoms with Crippen molar-refractivity contribution in [3.63, 3.8) is 0 Å². The largest absolute Gasteiger partial charge is 0.504 e. The lowest BCUT2D eigenvalue weighted by Crippen LogP contribution is -2.19. The van der Waals surface area contributed by atoms with E-state index in [2.05, 4.69) is 22.8 Å². The molecule has 0 aliphatic rings. The molecule has 0 bridgehead atoms. The highest BCUT2D eigenvalue weighted by Gasteiger charge is 2.00. The minimum Gasteiger partial charge on any atom is -0.504 e. The van der Waals surface area contributed by atoms with E-state index in [0.29, 0.717) is 0 Å². The SMILES string of the molecule is Oc1ccc(CCNCCCCCCNCCc2ccc(Cl)cc2)cc1O. The molecule has 4 nitrogen and oxygen atoms in total. The number of unbranched alkanes of at least 4 members (excludes halogenated alkanes) is 3. The number of phenols is 2. The van der Waals surface area contributed by atoms with Crippen LogP contribution < -0.4 is 10.6 Å². The molecule has 0 heterocycles. The Morgan fingerprint density at radius 2 is 1.19 bits per heavy atom. The van der Waals surface area contributed by atoms with E-state index in [1.165, 1.54) is 37.3 Å². The van der Waals surface area contributed by atoms with Crippen molar-refractivity contribution in [2.24, 2.45) is 0 Å². The minimum absolute atomic E-state index is 0.0470. The van der Waals surface area contributed by atoms with Gasteiger partial charge in [0, 0.05) is 5.02 Å². The van der Waals surface area contributed by atoms with E-state index in [0.717, 1.165) is 49.6 Å². The van der Waals surface area contributed by atoms with Crippen molar-refractivity contribution in [2.75, 3.05) is 26.2 Å². The Morgan fingerprint density at radius 3 is 1.78 bits per heavy atom. The molecule has 0 fully saturated rings. The number of rotatable bonds is 13. The normalized spacial score (nSPS) is 11.0. The Balaban J connectivity index is 1.37. The summed E-state index contributed by atoms with van der Waals surface area (Å²) >= 11 is 5.89. The van der Waals surface area contributed by atoms with Crippen LogP contribution in [0, 0.1) is 0 Å². The van der Waals surface area contributed by atoms with E-state index >= 15 is 0 Å². The molecule has 0 unspecified atom stereocenters. The summed E-state index contributed by atoms with van der Waals surface area (Å²) in [4.78, 5) is 0. The first-order valence-corrected chi connectivity index (χ1v) is 10.2. The standard InChI is InChI=1S/C22H31ClN2O2/c23-20-8-5-18(6-9-20)11-15-24-13-3-1-2-4-14-25-16-12-19-7-10-21(26)22(27)17-19/h5-10,17,24-27H,1-4,11-16H2. The Morgan fingerprint density at radius 1 is 0.630 bits per heavy atom. The molecule has 0 aliphatic carbocycles. The molecule has 0 aliphatic heterocycles. The highest BCUT2D eigenvalue weighted by molar-refractivity contribution is 6.30. The summed E-state index contributed by atoms with van der Waals surface area (Å²) in [5, 5.41) is 26.5. The van der Waals surface area contributed by atoms with E-state index in [1.54, 1.807) is 6.07 Å². The van der Waals surface area contributed by atoms with E-state index in [-0.39, 0.29) is 11.5 Å². The van der Waals surface area contributed by atoms with Crippen molar-refractivity contribution in [1.29, 1.82) is 0 Å². The predicted octanol–water partition coefficient (Wildman–Crippen LogP) is 4.28. The number of nitrogens with one attached hydrogen (secondary N) is 2. The van der Waals surface area contributed by atoms with Crippen molar-refractivity contribution in [3.8, 4) is 11.5 Å². The summed E-state index contributed by atoms with van der Waals surface area (Å²) in [5.41, 5.74) is 2.35. The number of halogens is 1. The van der Waals surface area contributed by atoms with Gasteiger partial charge in [0.1, 0.15) is 0 Å². The molecule has 0 spiro atoms. The molecule has 0 saturated heterocycles. The maximum Gasteiger partial charge on any atom is 0.157 e. The van der Waals surface area contributed by atoms with Gasteiger partial charge >= 0.3 is 0 Å². The highest BCUT2D eigenvalue weighted by Crippen LogP contribution is 2.24. The van der Waals surface area contributed by atoms with Crippen molar-refractivity contribution in [1.82, 2.24) is 10.6 Å². The lowest BCUT2D eigenvalue weighted by Gasteiger charge is -2.07. The maximum absolute atomic E-state index is 9.46. The molecule has 27 heavy (non-hydrogen) atoms. The van der Waals surface area contributed by atoms with Crippen LogP contribution in [0.4, 0.5) is 0 Å². The van der Waals surface area contributed by atoms with Crippen molar-refractivity contribution in [2.45, 2.75) is 38.5 Å². The van der Waals surface area contributed by atoms with Gasteiger partial charge < -0.3 is 20.8 Å². The molecule has 2 aromatic carbocycles. The van der Waals surface area contributed by atoms with Gasteiger partial charge in [0.2, 0.25) is 0 Å². The Labute approximate surface area is 167 Å². The van der Waals surface area contributed by atoms with Gasteiger partial charge in [0.15, 0.2) is 11.5 Å². The third-order valence-corrected chi connectivity index (χ3v) is 4.84. The molecule has 5 heteroatoms. The summed E-state index contributed by atoms with van der Waals surface area (Å²) in [5.74, 6) is -0.111. The van der Waals surface area contributed by atoms with Gasteiger partial charge in [-0.25, -0.2) is 0 Å². The zero-order valence-electron chi connectivity index (χ0n) is 15.9. The highest BCUT2D eigenvalue weighted by atomic mass is 35.5. The van der Waals surface area contributed by atoms with Crippen LogP contribution in [-0.4, -0.2) is 36.4 Å². The second-order valence-electron chi connectivity index (χ2n) is 6.86. The number of hydrogen-bond donors (Lipinski definition) is 4. The van der Waals surface area contributed by atoms with Gasteiger partial charge in [-0.3, -0.25) is 0 Å². The van der Waals surface area contributed by atoms with Crippen molar-refractivity contribution >= 4 is 11.6 Å². The van der Waals surface area contributed by atoms with Gasteiger partial charge in [-0.05, 0) is 87.3 Å². The quantitative estimate of drug-likeness (QED) is 0.304. The number of hydrogen-bond acceptors (Lipinski definition) is 4. The van der Waals surface area contributed by atoms with Crippen LogP contribution in [0.25, 0.3) is 0 Å². The Hall–Kier alpha value is -1.75. The summed E-state index contributed by atoms with van der Waals surface area (Å²) in [6, 6.07) is 13.1. The zero-order chi connectivity index (χ0) is 19.3. The van der Waals surface area contributed by atoms with Crippen LogP contribution in [0.1, 0.15) is 36.8 Å². The predicted molar refractivity (Wildman–Crippen MR) is 113 cm³/mol. The molecule has 2 rings (SSSR count). The Bertz CT molecular complexity index is 662. The zero-order valence-corrected chi connectivity index (χ0v) is 16.6. The van der Waals surface area contributed by atoms with E-state index in [4.69, 9.17) is 11.6 Å². The molecule has 0 aromatic heterocycles. The summed E-state index contributed by atoms with van der Waals surface area (Å²) in [6.07, 6.45) is 6.79. The summed E-state index contributed by atoms with van der Waals surface area (Å²) in [7, 11) is 0. The second kappa shape index (κ2) is 12.6. The first kappa shape index (κ1) is 21.5. The fourth-order valence-electron chi connectivity index (χ4n) is 2.94. The second-order valence-corrected chi connectivity index (χ2v) is 7.30. The molecule has 4 N–H and O–H groups in total. The molecule has 2 aromatic rings. The molecular formula is C22H31ClN2O2. The number of phenolic OH excluding ortho intramolecular Hbond substituents is 2. The number of benzene rings is 2. The van der Waals surface area contributed by atoms with Gasteiger partial charge in [0.05, 0.1) is 0 Å². The van der Waals surface area contributed by atoms with Crippen LogP contribution in [0.5, 0.6) is 11.5 Å². The summed E-state index contributed by atoms with van der Waals surface area (Å²) in [6.45, 7) is 3.99. The van der Waals surface area contributed by atoms with Crippen LogP contribution >= 0.6 is 11.6 Å². The van der Waals surface area contributed by atoms with E-state index in [9.17, 15) is 10.2 Å². The molecule has 0 saturated carbocycles. The number of aromatic hydroxyl groups is 2. The van der Waals surface area contributed by atoms with Crippen LogP contribution in [-0.2, 0) is 12.8 Å². The third-order valence-electron chi connectivity index (χ3n) is 4.59. The van der Waals surface area contributed by atoms with Gasteiger partial charge in [-0.15, -0.1) is 0 Å². The lowest BCUT2D eigenvalue weighted by molar-refractivity contribution is 0.403. The molecule has 0 radical (unpaired) electrons. The Kier molecular flexibility index (Phi) is 10.1. The fourth-order valence-corrected chi connectivity index (χ4v) is 3.07. The van der Waals surface area contributed by atoms with Gasteiger partial charge in [-0.1, -0.05) is 42.6 Å². The van der Waals surface area contributed by atoms with E-state index < -0.39 is 0 Å². The average Bonchev–Trinajstić information content (AvgIpc) is 2.67. The van der Waals surface area contributed by atoms with Crippen molar-refractivity contribution in [3.05, 3.63) is 58.6 Å². The van der Waals surface area contributed by atoms with Gasteiger partial charge in [0.25, 0.3) is 0 Å².